The lowest BCUT2D eigenvalue weighted by Crippen LogP contribution is -2.49. The Balaban J connectivity index is 1.27. The van der Waals surface area contributed by atoms with E-state index in [9.17, 15) is 4.79 Å². The van der Waals surface area contributed by atoms with Gasteiger partial charge in [-0.3, -0.25) is 4.79 Å². The fourth-order valence-electron chi connectivity index (χ4n) is 4.08. The lowest BCUT2D eigenvalue weighted by molar-refractivity contribution is -0.130. The van der Waals surface area contributed by atoms with Crippen LogP contribution < -0.4 is 9.64 Å². The normalized spacial score (nSPS) is 14.4. The summed E-state index contributed by atoms with van der Waals surface area (Å²) < 4.78 is 6.56. The van der Waals surface area contributed by atoms with Crippen molar-refractivity contribution >= 4 is 43.4 Å². The van der Waals surface area contributed by atoms with Crippen molar-refractivity contribution in [3.05, 3.63) is 66.2 Å². The Morgan fingerprint density at radius 3 is 2.60 bits per heavy atom. The highest BCUT2D eigenvalue weighted by Crippen LogP contribution is 2.34. The number of ether oxygens (including phenoxy) is 1. The molecule has 1 aromatic heterocycles. The summed E-state index contributed by atoms with van der Waals surface area (Å²) in [7, 11) is 1.67. The van der Waals surface area contributed by atoms with E-state index in [0.29, 0.717) is 6.42 Å². The molecule has 1 saturated heterocycles. The van der Waals surface area contributed by atoms with Gasteiger partial charge in [0.15, 0.2) is 5.13 Å². The molecule has 0 N–H and O–H groups in total. The number of rotatable bonds is 4. The average Bonchev–Trinajstić information content (AvgIpc) is 3.24. The molecule has 1 fully saturated rings. The van der Waals surface area contributed by atoms with Crippen molar-refractivity contribution in [2.45, 2.75) is 6.42 Å². The van der Waals surface area contributed by atoms with E-state index in [4.69, 9.17) is 9.72 Å². The lowest BCUT2D eigenvalue weighted by Gasteiger charge is -2.34. The third-order valence-electron chi connectivity index (χ3n) is 5.72. The Kier molecular flexibility index (Phi) is 5.01. The third kappa shape index (κ3) is 3.48. The largest absolute Gasteiger partial charge is 0.494 e. The Morgan fingerprint density at radius 2 is 1.77 bits per heavy atom. The highest BCUT2D eigenvalue weighted by molar-refractivity contribution is 7.22. The second-order valence-electron chi connectivity index (χ2n) is 7.49. The number of para-hydroxylation sites is 1. The van der Waals surface area contributed by atoms with Crippen LogP contribution in [-0.4, -0.2) is 49.1 Å². The second-order valence-corrected chi connectivity index (χ2v) is 8.50. The van der Waals surface area contributed by atoms with Crippen LogP contribution in [-0.2, 0) is 11.2 Å². The van der Waals surface area contributed by atoms with Gasteiger partial charge in [0, 0.05) is 26.2 Å². The summed E-state index contributed by atoms with van der Waals surface area (Å²) in [6, 6.07) is 20.4. The molecule has 0 saturated carbocycles. The van der Waals surface area contributed by atoms with E-state index in [1.807, 2.05) is 35.2 Å². The highest BCUT2D eigenvalue weighted by atomic mass is 32.1. The molecule has 4 aromatic rings. The van der Waals surface area contributed by atoms with E-state index in [2.05, 4.69) is 35.2 Å². The molecule has 0 aliphatic carbocycles. The van der Waals surface area contributed by atoms with E-state index in [-0.39, 0.29) is 5.91 Å². The molecule has 2 heterocycles. The molecule has 1 aliphatic rings. The van der Waals surface area contributed by atoms with Crippen LogP contribution in [0.5, 0.6) is 5.75 Å². The van der Waals surface area contributed by atoms with Crippen molar-refractivity contribution in [3.63, 3.8) is 0 Å². The molecule has 0 atom stereocenters. The summed E-state index contributed by atoms with van der Waals surface area (Å²) in [6.45, 7) is 3.03. The number of fused-ring (bicyclic) bond motifs is 2. The zero-order valence-corrected chi connectivity index (χ0v) is 17.7. The fraction of sp³-hybridized carbons (Fsp3) is 0.250. The van der Waals surface area contributed by atoms with Crippen LogP contribution in [0.25, 0.3) is 21.0 Å². The van der Waals surface area contributed by atoms with Gasteiger partial charge in [0.1, 0.15) is 11.3 Å². The number of hydrogen-bond acceptors (Lipinski definition) is 5. The molecule has 5 nitrogen and oxygen atoms in total. The van der Waals surface area contributed by atoms with Crippen LogP contribution >= 0.6 is 11.3 Å². The molecular weight excluding hydrogens is 394 g/mol. The predicted molar refractivity (Wildman–Crippen MR) is 123 cm³/mol. The van der Waals surface area contributed by atoms with Gasteiger partial charge in [0.2, 0.25) is 5.91 Å². The fourth-order valence-corrected chi connectivity index (χ4v) is 5.11. The molecule has 3 aromatic carbocycles. The average molecular weight is 418 g/mol. The van der Waals surface area contributed by atoms with Gasteiger partial charge in [-0.15, -0.1) is 0 Å². The van der Waals surface area contributed by atoms with Gasteiger partial charge in [0.05, 0.1) is 18.2 Å². The summed E-state index contributed by atoms with van der Waals surface area (Å²) >= 11 is 1.68. The van der Waals surface area contributed by atoms with Gasteiger partial charge in [-0.05, 0) is 28.5 Å². The summed E-state index contributed by atoms with van der Waals surface area (Å²) in [6.07, 6.45) is 0.444. The number of benzene rings is 3. The number of amides is 1. The van der Waals surface area contributed by atoms with E-state index < -0.39 is 0 Å². The Labute approximate surface area is 179 Å². The second kappa shape index (κ2) is 7.95. The Morgan fingerprint density at radius 1 is 1.00 bits per heavy atom. The first-order chi connectivity index (χ1) is 14.7. The quantitative estimate of drug-likeness (QED) is 0.495. The Bertz CT molecular complexity index is 1210. The monoisotopic (exact) mass is 417 g/mol. The molecule has 0 spiro atoms. The number of carbonyl (C=O) groups is 1. The van der Waals surface area contributed by atoms with Crippen LogP contribution in [0.2, 0.25) is 0 Å². The SMILES string of the molecule is COc1cccc2sc(N3CCN(C(=O)Cc4cccc5ccccc45)CC3)nc12. The van der Waals surface area contributed by atoms with Crippen molar-refractivity contribution in [1.82, 2.24) is 9.88 Å². The molecule has 5 rings (SSSR count). The number of anilines is 1. The van der Waals surface area contributed by atoms with Crippen molar-refractivity contribution in [2.24, 2.45) is 0 Å². The number of hydrogen-bond donors (Lipinski definition) is 0. The lowest BCUT2D eigenvalue weighted by atomic mass is 10.0. The first kappa shape index (κ1) is 18.9. The maximum Gasteiger partial charge on any atom is 0.227 e. The molecule has 0 unspecified atom stereocenters. The maximum atomic E-state index is 13.0. The molecule has 152 valence electrons. The minimum Gasteiger partial charge on any atom is -0.494 e. The van der Waals surface area contributed by atoms with Crippen LogP contribution in [0, 0.1) is 0 Å². The van der Waals surface area contributed by atoms with Crippen molar-refractivity contribution in [2.75, 3.05) is 38.2 Å². The van der Waals surface area contributed by atoms with Gasteiger partial charge in [0.25, 0.3) is 0 Å². The summed E-state index contributed by atoms with van der Waals surface area (Å²) in [5, 5.41) is 3.34. The number of carbonyl (C=O) groups excluding carboxylic acids is 1. The summed E-state index contributed by atoms with van der Waals surface area (Å²) in [5.41, 5.74) is 2.01. The van der Waals surface area contributed by atoms with Gasteiger partial charge in [-0.1, -0.05) is 59.9 Å². The number of methoxy groups -OCH3 is 1. The number of nitrogens with zero attached hydrogens (tertiary/aromatic N) is 3. The molecule has 0 radical (unpaired) electrons. The maximum absolute atomic E-state index is 13.0. The molecule has 30 heavy (non-hydrogen) atoms. The van der Waals surface area contributed by atoms with E-state index in [1.165, 1.54) is 5.39 Å². The third-order valence-corrected chi connectivity index (χ3v) is 6.80. The topological polar surface area (TPSA) is 45.7 Å². The molecule has 6 heteroatoms. The summed E-state index contributed by atoms with van der Waals surface area (Å²) in [5.74, 6) is 0.996. The van der Waals surface area contributed by atoms with E-state index >= 15 is 0 Å². The standard InChI is InChI=1S/C24H23N3O2S/c1-29-20-10-5-11-21-23(20)25-24(30-21)27-14-12-26(13-15-27)22(28)16-18-8-4-7-17-6-2-3-9-19(17)18/h2-11H,12-16H2,1H3. The molecule has 1 aliphatic heterocycles. The van der Waals surface area contributed by atoms with Gasteiger partial charge in [-0.25, -0.2) is 4.98 Å². The molecular formula is C24H23N3O2S. The molecule has 1 amide bonds. The zero-order valence-electron chi connectivity index (χ0n) is 16.9. The van der Waals surface area contributed by atoms with Crippen molar-refractivity contribution in [3.8, 4) is 5.75 Å². The van der Waals surface area contributed by atoms with Crippen LogP contribution in [0.15, 0.2) is 60.7 Å². The van der Waals surface area contributed by atoms with Gasteiger partial charge >= 0.3 is 0 Å². The van der Waals surface area contributed by atoms with Crippen LogP contribution in [0.3, 0.4) is 0 Å². The first-order valence-corrected chi connectivity index (χ1v) is 11.0. The first-order valence-electron chi connectivity index (χ1n) is 10.2. The minimum atomic E-state index is 0.192. The van der Waals surface area contributed by atoms with Crippen LogP contribution in [0.4, 0.5) is 5.13 Å². The minimum absolute atomic E-state index is 0.192. The molecule has 0 bridgehead atoms. The summed E-state index contributed by atoms with van der Waals surface area (Å²) in [4.78, 5) is 22.0. The number of thiazole rings is 1. The predicted octanol–water partition coefficient (Wildman–Crippen LogP) is 4.35. The zero-order chi connectivity index (χ0) is 20.5. The van der Waals surface area contributed by atoms with Gasteiger partial charge in [-0.2, -0.15) is 0 Å². The Hall–Kier alpha value is -3.12. The smallest absolute Gasteiger partial charge is 0.227 e. The highest BCUT2D eigenvalue weighted by Gasteiger charge is 2.24. The van der Waals surface area contributed by atoms with E-state index in [0.717, 1.165) is 58.2 Å². The van der Waals surface area contributed by atoms with Crippen molar-refractivity contribution < 1.29 is 9.53 Å². The van der Waals surface area contributed by atoms with Gasteiger partial charge < -0.3 is 14.5 Å². The van der Waals surface area contributed by atoms with Crippen LogP contribution in [0.1, 0.15) is 5.56 Å². The van der Waals surface area contributed by atoms with Crippen molar-refractivity contribution in [1.29, 1.82) is 0 Å². The number of piperazine rings is 1. The number of aromatic nitrogens is 1. The van der Waals surface area contributed by atoms with E-state index in [1.54, 1.807) is 18.4 Å².